The highest BCUT2D eigenvalue weighted by Gasteiger charge is 2.29. The van der Waals surface area contributed by atoms with E-state index in [-0.39, 0.29) is 30.5 Å². The van der Waals surface area contributed by atoms with Crippen LogP contribution in [0.4, 0.5) is 10.1 Å². The molecule has 11 heteroatoms. The van der Waals surface area contributed by atoms with E-state index in [1.54, 1.807) is 0 Å². The highest BCUT2D eigenvalue weighted by Crippen LogP contribution is 2.31. The predicted octanol–water partition coefficient (Wildman–Crippen LogP) is 4.07. The van der Waals surface area contributed by atoms with Gasteiger partial charge in [0, 0.05) is 17.2 Å². The molecule has 1 heterocycles. The first kappa shape index (κ1) is 18.7. The van der Waals surface area contributed by atoms with Crippen LogP contribution in [0.3, 0.4) is 0 Å². The van der Waals surface area contributed by atoms with Gasteiger partial charge in [-0.25, -0.2) is 12.8 Å². The average Bonchev–Trinajstić information content (AvgIpc) is 3.10. The van der Waals surface area contributed by atoms with E-state index in [2.05, 4.69) is 14.9 Å². The fourth-order valence-electron chi connectivity index (χ4n) is 1.97. The first-order valence-electron chi connectivity index (χ1n) is 6.88. The van der Waals surface area contributed by atoms with E-state index in [0.29, 0.717) is 11.5 Å². The molecule has 0 saturated heterocycles. The average molecular weight is 432 g/mol. The molecule has 0 bridgehead atoms. The second kappa shape index (κ2) is 7.28. The van der Waals surface area contributed by atoms with Gasteiger partial charge >= 0.3 is 0 Å². The molecule has 2 aromatic carbocycles. The van der Waals surface area contributed by atoms with Crippen LogP contribution in [-0.2, 0) is 9.84 Å². The molecule has 134 valence electrons. The molecule has 0 radical (unpaired) electrons. The van der Waals surface area contributed by atoms with E-state index in [1.807, 2.05) is 0 Å². The van der Waals surface area contributed by atoms with Crippen molar-refractivity contribution in [1.82, 2.24) is 9.59 Å². The van der Waals surface area contributed by atoms with Crippen molar-refractivity contribution in [2.24, 2.45) is 0 Å². The van der Waals surface area contributed by atoms with E-state index >= 15 is 0 Å². The van der Waals surface area contributed by atoms with Crippen molar-refractivity contribution in [3.05, 3.63) is 64.0 Å². The lowest BCUT2D eigenvalue weighted by Gasteiger charge is -2.06. The lowest BCUT2D eigenvalue weighted by Crippen LogP contribution is -2.16. The Hall–Kier alpha value is -2.07. The topological polar surface area (TPSA) is 89.0 Å². The van der Waals surface area contributed by atoms with E-state index in [4.69, 9.17) is 23.2 Å². The Balaban J connectivity index is 1.95. The van der Waals surface area contributed by atoms with Crippen LogP contribution in [-0.4, -0.2) is 23.9 Å². The molecule has 0 unspecified atom stereocenters. The van der Waals surface area contributed by atoms with E-state index in [1.165, 1.54) is 30.3 Å². The molecular weight excluding hydrogens is 424 g/mol. The van der Waals surface area contributed by atoms with E-state index in [0.717, 1.165) is 12.1 Å². The van der Waals surface area contributed by atoms with Crippen molar-refractivity contribution < 1.29 is 17.6 Å². The third-order valence-corrected chi connectivity index (χ3v) is 6.92. The maximum Gasteiger partial charge on any atom is 0.278 e. The second-order valence-corrected chi connectivity index (χ2v) is 8.66. The molecule has 1 amide bonds. The van der Waals surface area contributed by atoms with E-state index in [9.17, 15) is 17.6 Å². The Morgan fingerprint density at radius 1 is 1.08 bits per heavy atom. The molecule has 6 nitrogen and oxygen atoms in total. The number of aromatic nitrogens is 2. The molecule has 0 aliphatic carbocycles. The van der Waals surface area contributed by atoms with Gasteiger partial charge in [0.25, 0.3) is 5.91 Å². The lowest BCUT2D eigenvalue weighted by atomic mass is 10.3. The Bertz CT molecular complexity index is 1090. The van der Waals surface area contributed by atoms with Gasteiger partial charge < -0.3 is 5.32 Å². The van der Waals surface area contributed by atoms with Crippen molar-refractivity contribution in [1.29, 1.82) is 0 Å². The van der Waals surface area contributed by atoms with Crippen LogP contribution in [0.5, 0.6) is 0 Å². The molecule has 0 aliphatic heterocycles. The maximum absolute atomic E-state index is 12.9. The number of anilines is 1. The summed E-state index contributed by atoms with van der Waals surface area (Å²) in [7, 11) is -4.08. The second-order valence-electron chi connectivity index (χ2n) is 4.95. The summed E-state index contributed by atoms with van der Waals surface area (Å²) in [5, 5.41) is 6.30. The number of carbonyl (C=O) groups excluding carboxylic acids is 1. The van der Waals surface area contributed by atoms with Gasteiger partial charge in [0.1, 0.15) is 5.82 Å². The van der Waals surface area contributed by atoms with Gasteiger partial charge in [-0.3, -0.25) is 4.79 Å². The number of hydrogen-bond donors (Lipinski definition) is 1. The summed E-state index contributed by atoms with van der Waals surface area (Å²) < 4.78 is 41.7. The van der Waals surface area contributed by atoms with Crippen molar-refractivity contribution in [2.45, 2.75) is 9.10 Å². The van der Waals surface area contributed by atoms with Crippen molar-refractivity contribution >= 4 is 56.2 Å². The number of rotatable bonds is 4. The van der Waals surface area contributed by atoms with Crippen LogP contribution in [0.1, 0.15) is 10.5 Å². The van der Waals surface area contributed by atoms with Crippen molar-refractivity contribution in [3.8, 4) is 0 Å². The zero-order valence-corrected chi connectivity index (χ0v) is 15.8. The van der Waals surface area contributed by atoms with Gasteiger partial charge in [0.05, 0.1) is 14.9 Å². The maximum atomic E-state index is 12.9. The van der Waals surface area contributed by atoms with Crippen LogP contribution >= 0.6 is 34.7 Å². The van der Waals surface area contributed by atoms with Crippen molar-refractivity contribution in [3.63, 3.8) is 0 Å². The van der Waals surface area contributed by atoms with Gasteiger partial charge in [-0.15, -0.1) is 5.10 Å². The molecule has 26 heavy (non-hydrogen) atoms. The summed E-state index contributed by atoms with van der Waals surface area (Å²) in [6.45, 7) is 0. The smallest absolute Gasteiger partial charge is 0.278 e. The third-order valence-electron chi connectivity index (χ3n) is 3.22. The summed E-state index contributed by atoms with van der Waals surface area (Å²) in [5.74, 6) is -1.26. The minimum atomic E-state index is -4.08. The minimum absolute atomic E-state index is 0.0579. The van der Waals surface area contributed by atoms with Crippen LogP contribution in [0, 0.1) is 5.82 Å². The quantitative estimate of drug-likeness (QED) is 0.672. The molecule has 3 rings (SSSR count). The van der Waals surface area contributed by atoms with Crippen molar-refractivity contribution in [2.75, 3.05) is 5.32 Å². The number of amides is 1. The van der Waals surface area contributed by atoms with Crippen LogP contribution < -0.4 is 5.32 Å². The monoisotopic (exact) mass is 431 g/mol. The van der Waals surface area contributed by atoms with Gasteiger partial charge in [-0.1, -0.05) is 27.7 Å². The first-order chi connectivity index (χ1) is 12.3. The Morgan fingerprint density at radius 3 is 2.42 bits per heavy atom. The standard InChI is InChI=1S/C15H8Cl2FN3O3S2/c16-11-6-5-10(7-12(11)17)26(23,24)15-13(20-21-25-15)14(22)19-9-3-1-8(18)2-4-9/h1-7H,(H,19,22). The fourth-order valence-corrected chi connectivity index (χ4v) is 4.65. The molecule has 0 saturated carbocycles. The number of nitrogens with one attached hydrogen (secondary N) is 1. The summed E-state index contributed by atoms with van der Waals surface area (Å²) in [6, 6.07) is 8.76. The number of hydrogen-bond acceptors (Lipinski definition) is 6. The summed E-state index contributed by atoms with van der Waals surface area (Å²) >= 11 is 12.2. The van der Waals surface area contributed by atoms with Gasteiger partial charge in [-0.05, 0) is 42.5 Å². The lowest BCUT2D eigenvalue weighted by molar-refractivity contribution is 0.101. The number of sulfone groups is 1. The molecule has 1 N–H and O–H groups in total. The summed E-state index contributed by atoms with van der Waals surface area (Å²) in [6.07, 6.45) is 0. The largest absolute Gasteiger partial charge is 0.321 e. The van der Waals surface area contributed by atoms with Crippen LogP contribution in [0.2, 0.25) is 10.0 Å². The van der Waals surface area contributed by atoms with Gasteiger partial charge in [0.2, 0.25) is 9.84 Å². The zero-order valence-electron chi connectivity index (χ0n) is 12.6. The van der Waals surface area contributed by atoms with Gasteiger partial charge in [-0.2, -0.15) is 0 Å². The molecular formula is C15H8Cl2FN3O3S2. The number of benzene rings is 2. The molecule has 0 spiro atoms. The summed E-state index contributed by atoms with van der Waals surface area (Å²) in [5.41, 5.74) is -0.0901. The Labute approximate surface area is 161 Å². The SMILES string of the molecule is O=C(Nc1ccc(F)cc1)c1nnsc1S(=O)(=O)c1ccc(Cl)c(Cl)c1. The zero-order chi connectivity index (χ0) is 18.9. The van der Waals surface area contributed by atoms with Crippen LogP contribution in [0.15, 0.2) is 51.6 Å². The molecule has 0 atom stereocenters. The Morgan fingerprint density at radius 2 is 1.77 bits per heavy atom. The van der Waals surface area contributed by atoms with E-state index < -0.39 is 21.6 Å². The highest BCUT2D eigenvalue weighted by atomic mass is 35.5. The third kappa shape index (κ3) is 3.70. The summed E-state index contributed by atoms with van der Waals surface area (Å²) in [4.78, 5) is 12.2. The van der Waals surface area contributed by atoms with Crippen LogP contribution in [0.25, 0.3) is 0 Å². The number of halogens is 3. The molecule has 0 fully saturated rings. The molecule has 0 aliphatic rings. The molecule has 1 aromatic heterocycles. The Kier molecular flexibility index (Phi) is 5.24. The number of carbonyl (C=O) groups is 1. The number of nitrogens with zero attached hydrogens (tertiary/aromatic N) is 2. The van der Waals surface area contributed by atoms with Gasteiger partial charge in [0.15, 0.2) is 9.90 Å². The minimum Gasteiger partial charge on any atom is -0.321 e. The fraction of sp³-hybridized carbons (Fsp3) is 0. The first-order valence-corrected chi connectivity index (χ1v) is 9.89. The predicted molar refractivity (Wildman–Crippen MR) is 96.2 cm³/mol. The highest BCUT2D eigenvalue weighted by molar-refractivity contribution is 7.93. The normalized spacial score (nSPS) is 11.3. The molecule has 3 aromatic rings.